The van der Waals surface area contributed by atoms with Crippen LogP contribution in [-0.2, 0) is 9.59 Å². The Morgan fingerprint density at radius 1 is 1.00 bits per heavy atom. The average Bonchev–Trinajstić information content (AvgIpc) is 3.08. The minimum Gasteiger partial charge on any atom is -0.292 e. The summed E-state index contributed by atoms with van der Waals surface area (Å²) in [7, 11) is 0. The molecule has 4 rings (SSSR count). The number of carbonyl (C=O) groups excluding carboxylic acids is 4. The number of hydrogen-bond donors (Lipinski definition) is 0. The van der Waals surface area contributed by atoms with Gasteiger partial charge in [0.1, 0.15) is 6.04 Å². The fourth-order valence-corrected chi connectivity index (χ4v) is 4.48. The van der Waals surface area contributed by atoms with Gasteiger partial charge in [-0.15, -0.1) is 0 Å². The molecule has 1 fully saturated rings. The Labute approximate surface area is 195 Å². The topological polar surface area (TPSA) is 118 Å². The maximum Gasteiger partial charge on any atom is 0.273 e. The first-order valence-corrected chi connectivity index (χ1v) is 10.9. The lowest BCUT2D eigenvalue weighted by Gasteiger charge is -2.34. The van der Waals surface area contributed by atoms with Crippen LogP contribution in [0.15, 0.2) is 66.2 Å². The summed E-state index contributed by atoms with van der Waals surface area (Å²) in [6.07, 6.45) is 2.71. The summed E-state index contributed by atoms with van der Waals surface area (Å²) in [5.41, 5.74) is 1.12. The number of nitrogens with zero attached hydrogens (tertiary/aromatic N) is 3. The number of hydrogen-bond acceptors (Lipinski definition) is 6. The summed E-state index contributed by atoms with van der Waals surface area (Å²) in [5, 5.41) is 12.7. The zero-order chi connectivity index (χ0) is 24.6. The molecule has 1 aliphatic carbocycles. The second-order valence-electron chi connectivity index (χ2n) is 8.55. The number of rotatable bonds is 6. The van der Waals surface area contributed by atoms with Gasteiger partial charge in [-0.3, -0.25) is 29.3 Å². The van der Waals surface area contributed by atoms with Crippen LogP contribution in [0.1, 0.15) is 47.4 Å². The van der Waals surface area contributed by atoms with E-state index in [4.69, 9.17) is 0 Å². The zero-order valence-electron chi connectivity index (χ0n) is 18.7. The Morgan fingerprint density at radius 2 is 1.62 bits per heavy atom. The van der Waals surface area contributed by atoms with Gasteiger partial charge in [-0.05, 0) is 38.8 Å². The minimum absolute atomic E-state index is 0.0167. The van der Waals surface area contributed by atoms with Crippen LogP contribution < -0.4 is 0 Å². The van der Waals surface area contributed by atoms with Gasteiger partial charge in [-0.2, -0.15) is 5.01 Å². The highest BCUT2D eigenvalue weighted by molar-refractivity contribution is 6.10. The predicted molar refractivity (Wildman–Crippen MR) is 121 cm³/mol. The summed E-state index contributed by atoms with van der Waals surface area (Å²) < 4.78 is 0. The van der Waals surface area contributed by atoms with Crippen LogP contribution >= 0.6 is 0 Å². The van der Waals surface area contributed by atoms with Crippen LogP contribution in [0.25, 0.3) is 0 Å². The van der Waals surface area contributed by atoms with Crippen molar-refractivity contribution in [1.29, 1.82) is 0 Å². The predicted octanol–water partition coefficient (Wildman–Crippen LogP) is 3.56. The molecule has 2 aliphatic rings. The molecule has 0 radical (unpaired) electrons. The molecule has 9 nitrogen and oxygen atoms in total. The molecular formula is C25H23N3O6. The Hall–Kier alpha value is -4.14. The highest BCUT2D eigenvalue weighted by Crippen LogP contribution is 2.39. The number of nitro groups is 1. The third-order valence-corrected chi connectivity index (χ3v) is 6.35. The number of allylic oxidation sites excluding steroid dienone is 2. The van der Waals surface area contributed by atoms with Crippen molar-refractivity contribution in [2.24, 2.45) is 11.8 Å². The first-order valence-electron chi connectivity index (χ1n) is 10.9. The van der Waals surface area contributed by atoms with E-state index in [0.717, 1.165) is 27.7 Å². The van der Waals surface area contributed by atoms with Crippen LogP contribution in [0.2, 0.25) is 0 Å². The molecule has 3 amide bonds. The van der Waals surface area contributed by atoms with Gasteiger partial charge < -0.3 is 0 Å². The standard InChI is InChI=1S/C25H23N3O6/c1-15-8-13-20-21(14-15)25(32)27(24(20)31)26(16(2)22(29)17-6-4-3-5-7-17)23(30)18-9-11-19(12-10-18)28(33)34/h3-12,16,20-21H,13-14H2,1-2H3/t16-,20+,21-/m1/s1. The van der Waals surface area contributed by atoms with E-state index in [9.17, 15) is 29.3 Å². The smallest absolute Gasteiger partial charge is 0.273 e. The van der Waals surface area contributed by atoms with Crippen molar-refractivity contribution in [1.82, 2.24) is 10.0 Å². The molecule has 174 valence electrons. The van der Waals surface area contributed by atoms with Crippen molar-refractivity contribution < 1.29 is 24.1 Å². The normalized spacial score (nSPS) is 20.4. The van der Waals surface area contributed by atoms with E-state index >= 15 is 0 Å². The molecule has 34 heavy (non-hydrogen) atoms. The zero-order valence-corrected chi connectivity index (χ0v) is 18.7. The highest BCUT2D eigenvalue weighted by atomic mass is 16.6. The number of Topliss-reactive ketones (excluding diaryl/α,β-unsaturated/α-hetero) is 1. The van der Waals surface area contributed by atoms with Gasteiger partial charge in [0, 0.05) is 23.3 Å². The van der Waals surface area contributed by atoms with E-state index in [-0.39, 0.29) is 11.3 Å². The molecule has 0 bridgehead atoms. The summed E-state index contributed by atoms with van der Waals surface area (Å²) in [5.74, 6) is -3.45. The molecule has 0 unspecified atom stereocenters. The van der Waals surface area contributed by atoms with Gasteiger partial charge in [-0.1, -0.05) is 42.0 Å². The molecule has 1 saturated heterocycles. The molecule has 1 heterocycles. The van der Waals surface area contributed by atoms with E-state index in [1.54, 1.807) is 30.3 Å². The number of benzene rings is 2. The number of nitro benzene ring substituents is 1. The van der Waals surface area contributed by atoms with E-state index < -0.39 is 46.3 Å². The van der Waals surface area contributed by atoms with E-state index in [1.165, 1.54) is 19.1 Å². The lowest BCUT2D eigenvalue weighted by atomic mass is 9.82. The number of hydrazine groups is 1. The van der Waals surface area contributed by atoms with Crippen molar-refractivity contribution in [3.8, 4) is 0 Å². The highest BCUT2D eigenvalue weighted by Gasteiger charge is 2.53. The molecule has 0 spiro atoms. The molecule has 0 saturated carbocycles. The van der Waals surface area contributed by atoms with Crippen molar-refractivity contribution in [3.63, 3.8) is 0 Å². The third kappa shape index (κ3) is 4.00. The van der Waals surface area contributed by atoms with Gasteiger partial charge in [0.15, 0.2) is 5.78 Å². The molecule has 3 atom stereocenters. The fraction of sp³-hybridized carbons (Fsp3) is 0.280. The van der Waals surface area contributed by atoms with Crippen LogP contribution in [-0.4, -0.2) is 44.5 Å². The van der Waals surface area contributed by atoms with Gasteiger partial charge >= 0.3 is 0 Å². The SMILES string of the molecule is CC1=CC[C@@H]2C(=O)N(N(C(=O)c3ccc([N+](=O)[O-])cc3)[C@H](C)C(=O)c3ccccc3)C(=O)[C@@H]2C1. The van der Waals surface area contributed by atoms with Crippen molar-refractivity contribution in [3.05, 3.63) is 87.5 Å². The Balaban J connectivity index is 1.74. The van der Waals surface area contributed by atoms with Crippen LogP contribution in [0.5, 0.6) is 0 Å². The number of fused-ring (bicyclic) bond motifs is 1. The first kappa shape index (κ1) is 23.0. The van der Waals surface area contributed by atoms with Crippen molar-refractivity contribution >= 4 is 29.2 Å². The van der Waals surface area contributed by atoms with Gasteiger partial charge in [-0.25, -0.2) is 5.01 Å². The molecule has 1 aliphatic heterocycles. The fourth-order valence-electron chi connectivity index (χ4n) is 4.48. The summed E-state index contributed by atoms with van der Waals surface area (Å²) in [6.45, 7) is 3.35. The van der Waals surface area contributed by atoms with Crippen LogP contribution in [0.4, 0.5) is 5.69 Å². The summed E-state index contributed by atoms with van der Waals surface area (Å²) >= 11 is 0. The quantitative estimate of drug-likeness (QED) is 0.213. The van der Waals surface area contributed by atoms with Gasteiger partial charge in [0.25, 0.3) is 23.4 Å². The molecule has 0 aromatic heterocycles. The van der Waals surface area contributed by atoms with Crippen molar-refractivity contribution in [2.45, 2.75) is 32.7 Å². The Bertz CT molecular complexity index is 1200. The van der Waals surface area contributed by atoms with E-state index in [1.807, 2.05) is 13.0 Å². The molecule has 2 aromatic rings. The lowest BCUT2D eigenvalue weighted by molar-refractivity contribution is -0.384. The van der Waals surface area contributed by atoms with E-state index in [0.29, 0.717) is 18.4 Å². The maximum absolute atomic E-state index is 13.6. The number of amides is 3. The third-order valence-electron chi connectivity index (χ3n) is 6.35. The van der Waals surface area contributed by atoms with Crippen molar-refractivity contribution in [2.75, 3.05) is 0 Å². The average molecular weight is 461 g/mol. The van der Waals surface area contributed by atoms with E-state index in [2.05, 4.69) is 0 Å². The Morgan fingerprint density at radius 3 is 2.24 bits per heavy atom. The van der Waals surface area contributed by atoms with Gasteiger partial charge in [0.05, 0.1) is 16.8 Å². The number of carbonyl (C=O) groups is 4. The van der Waals surface area contributed by atoms with Crippen LogP contribution in [0, 0.1) is 22.0 Å². The number of non-ortho nitro benzene ring substituents is 1. The monoisotopic (exact) mass is 461 g/mol. The first-order chi connectivity index (χ1) is 16.2. The number of ketones is 1. The second-order valence-corrected chi connectivity index (χ2v) is 8.55. The van der Waals surface area contributed by atoms with Gasteiger partial charge in [0.2, 0.25) is 0 Å². The molecule has 9 heteroatoms. The van der Waals surface area contributed by atoms with Crippen LogP contribution in [0.3, 0.4) is 0 Å². The summed E-state index contributed by atoms with van der Waals surface area (Å²) in [6, 6.07) is 11.9. The summed E-state index contributed by atoms with van der Waals surface area (Å²) in [4.78, 5) is 63.9. The second kappa shape index (κ2) is 9.01. The lowest BCUT2D eigenvalue weighted by Crippen LogP contribution is -2.56. The minimum atomic E-state index is -1.17. The largest absolute Gasteiger partial charge is 0.292 e. The Kier molecular flexibility index (Phi) is 6.10. The number of imide groups is 1. The maximum atomic E-state index is 13.6. The molecular weight excluding hydrogens is 438 g/mol. The molecule has 0 N–H and O–H groups in total. The molecule has 2 aromatic carbocycles.